The van der Waals surface area contributed by atoms with Gasteiger partial charge in [0.15, 0.2) is 5.78 Å². The maximum atomic E-state index is 13.6. The molecule has 1 aliphatic heterocycles. The number of pyridine rings is 1. The van der Waals surface area contributed by atoms with Crippen LogP contribution in [0.25, 0.3) is 0 Å². The van der Waals surface area contributed by atoms with Gasteiger partial charge in [-0.25, -0.2) is 9.37 Å². The maximum Gasteiger partial charge on any atom is 0.255 e. The second-order valence-electron chi connectivity index (χ2n) is 9.10. The second-order valence-corrected chi connectivity index (χ2v) is 9.10. The Labute approximate surface area is 181 Å². The van der Waals surface area contributed by atoms with Crippen LogP contribution in [0.15, 0.2) is 65.0 Å². The van der Waals surface area contributed by atoms with E-state index in [0.717, 1.165) is 11.4 Å². The topological polar surface area (TPSA) is 71.1 Å². The number of nitrogens with zero attached hydrogens (tertiary/aromatic N) is 1. The SMILES string of the molecule is CC1=C(C(=O)Nc2cccc(C)n2)[C@@H](c2ccc(F)cc2)C2=C(CC(C)(C)CC2=O)N1. The first-order valence-corrected chi connectivity index (χ1v) is 10.4. The molecular weight excluding hydrogens is 393 g/mol. The minimum atomic E-state index is -0.565. The lowest BCUT2D eigenvalue weighted by molar-refractivity contribution is -0.118. The van der Waals surface area contributed by atoms with Gasteiger partial charge in [0.1, 0.15) is 11.6 Å². The van der Waals surface area contributed by atoms with E-state index in [1.165, 1.54) is 12.1 Å². The van der Waals surface area contributed by atoms with Crippen LogP contribution in [-0.2, 0) is 9.59 Å². The Kier molecular flexibility index (Phi) is 5.25. The number of carbonyl (C=O) groups is 2. The summed E-state index contributed by atoms with van der Waals surface area (Å²) in [7, 11) is 0. The molecule has 31 heavy (non-hydrogen) atoms. The molecule has 0 bridgehead atoms. The molecule has 1 aliphatic carbocycles. The Bertz CT molecular complexity index is 1130. The molecule has 1 aromatic heterocycles. The third-order valence-electron chi connectivity index (χ3n) is 5.82. The number of aromatic nitrogens is 1. The molecule has 2 aromatic rings. The first-order chi connectivity index (χ1) is 14.6. The molecule has 0 radical (unpaired) electrons. The molecule has 160 valence electrons. The fourth-order valence-corrected chi connectivity index (χ4v) is 4.52. The number of nitrogens with one attached hydrogen (secondary N) is 2. The van der Waals surface area contributed by atoms with Crippen molar-refractivity contribution in [2.75, 3.05) is 5.32 Å². The van der Waals surface area contributed by atoms with Crippen LogP contribution in [-0.4, -0.2) is 16.7 Å². The van der Waals surface area contributed by atoms with Crippen molar-refractivity contribution in [1.29, 1.82) is 0 Å². The average Bonchev–Trinajstić information content (AvgIpc) is 2.66. The Morgan fingerprint density at radius 2 is 1.84 bits per heavy atom. The van der Waals surface area contributed by atoms with Crippen molar-refractivity contribution in [2.45, 2.75) is 46.5 Å². The van der Waals surface area contributed by atoms with Gasteiger partial charge in [0.2, 0.25) is 0 Å². The monoisotopic (exact) mass is 419 g/mol. The van der Waals surface area contributed by atoms with E-state index in [2.05, 4.69) is 29.5 Å². The minimum Gasteiger partial charge on any atom is -0.362 e. The van der Waals surface area contributed by atoms with Crippen LogP contribution in [0.1, 0.15) is 50.8 Å². The smallest absolute Gasteiger partial charge is 0.255 e. The summed E-state index contributed by atoms with van der Waals surface area (Å²) in [6.07, 6.45) is 1.11. The number of halogens is 1. The summed E-state index contributed by atoms with van der Waals surface area (Å²) in [5.41, 5.74) is 3.91. The lowest BCUT2D eigenvalue weighted by Crippen LogP contribution is -2.39. The van der Waals surface area contributed by atoms with Gasteiger partial charge in [-0.2, -0.15) is 0 Å². The number of carbonyl (C=O) groups excluding carboxylic acids is 2. The Morgan fingerprint density at radius 3 is 2.52 bits per heavy atom. The van der Waals surface area contributed by atoms with E-state index < -0.39 is 5.92 Å². The van der Waals surface area contributed by atoms with E-state index in [-0.39, 0.29) is 22.9 Å². The van der Waals surface area contributed by atoms with Crippen molar-refractivity contribution in [3.05, 3.63) is 82.1 Å². The maximum absolute atomic E-state index is 13.6. The van der Waals surface area contributed by atoms with Gasteiger partial charge >= 0.3 is 0 Å². The normalized spacial score (nSPS) is 20.3. The molecule has 1 atom stereocenters. The molecule has 0 saturated carbocycles. The predicted molar refractivity (Wildman–Crippen MR) is 118 cm³/mol. The summed E-state index contributed by atoms with van der Waals surface area (Å²) >= 11 is 0. The van der Waals surface area contributed by atoms with Gasteiger partial charge in [0.05, 0.1) is 0 Å². The van der Waals surface area contributed by atoms with Gasteiger partial charge in [0.25, 0.3) is 5.91 Å². The number of aryl methyl sites for hydroxylation is 1. The second kappa shape index (κ2) is 7.76. The van der Waals surface area contributed by atoms with Gasteiger partial charge in [-0.3, -0.25) is 9.59 Å². The standard InChI is InChI=1S/C25H26FN3O2/c1-14-6-5-7-20(27-14)29-24(31)21-15(2)28-18-12-25(3,4)13-19(30)23(18)22(21)16-8-10-17(26)11-9-16/h5-11,22,28H,12-13H2,1-4H3,(H,27,29,31)/t22-/m1/s1. The molecule has 0 unspecified atom stereocenters. The summed E-state index contributed by atoms with van der Waals surface area (Å²) in [6.45, 7) is 7.82. The van der Waals surface area contributed by atoms with Crippen LogP contribution in [0, 0.1) is 18.2 Å². The quantitative estimate of drug-likeness (QED) is 0.752. The number of allylic oxidation sites excluding steroid dienone is 3. The van der Waals surface area contributed by atoms with Crippen LogP contribution >= 0.6 is 0 Å². The minimum absolute atomic E-state index is 0.0135. The number of hydrogen-bond acceptors (Lipinski definition) is 4. The van der Waals surface area contributed by atoms with Crippen molar-refractivity contribution in [1.82, 2.24) is 10.3 Å². The predicted octanol–water partition coefficient (Wildman–Crippen LogP) is 4.77. The Morgan fingerprint density at radius 1 is 1.13 bits per heavy atom. The number of amides is 1. The zero-order valence-corrected chi connectivity index (χ0v) is 18.2. The number of hydrogen-bond donors (Lipinski definition) is 2. The van der Waals surface area contributed by atoms with Crippen molar-refractivity contribution < 1.29 is 14.0 Å². The van der Waals surface area contributed by atoms with Crippen LogP contribution in [0.2, 0.25) is 0 Å². The van der Waals surface area contributed by atoms with Crippen LogP contribution in [0.3, 0.4) is 0 Å². The summed E-state index contributed by atoms with van der Waals surface area (Å²) in [5, 5.41) is 6.19. The molecule has 0 spiro atoms. The molecule has 1 aromatic carbocycles. The summed E-state index contributed by atoms with van der Waals surface area (Å²) < 4.78 is 13.6. The summed E-state index contributed by atoms with van der Waals surface area (Å²) in [4.78, 5) is 31.0. The van der Waals surface area contributed by atoms with E-state index in [1.807, 2.05) is 26.0 Å². The number of rotatable bonds is 3. The number of dihydropyridines is 1. The summed E-state index contributed by atoms with van der Waals surface area (Å²) in [6, 6.07) is 11.4. The van der Waals surface area contributed by atoms with Gasteiger partial charge < -0.3 is 10.6 Å². The molecule has 2 N–H and O–H groups in total. The van der Waals surface area contributed by atoms with Gasteiger partial charge in [-0.15, -0.1) is 0 Å². The van der Waals surface area contributed by atoms with E-state index >= 15 is 0 Å². The fourth-order valence-electron chi connectivity index (χ4n) is 4.52. The molecule has 6 heteroatoms. The van der Waals surface area contributed by atoms with E-state index in [1.54, 1.807) is 18.2 Å². The van der Waals surface area contributed by atoms with E-state index in [0.29, 0.717) is 41.1 Å². The lowest BCUT2D eigenvalue weighted by atomic mass is 9.68. The highest BCUT2D eigenvalue weighted by molar-refractivity contribution is 6.09. The highest BCUT2D eigenvalue weighted by atomic mass is 19.1. The van der Waals surface area contributed by atoms with Gasteiger partial charge in [-0.1, -0.05) is 32.0 Å². The van der Waals surface area contributed by atoms with Crippen LogP contribution < -0.4 is 10.6 Å². The number of ketones is 1. The van der Waals surface area contributed by atoms with Gasteiger partial charge in [-0.05, 0) is 55.5 Å². The first-order valence-electron chi connectivity index (χ1n) is 10.4. The highest BCUT2D eigenvalue weighted by Crippen LogP contribution is 2.46. The third kappa shape index (κ3) is 4.15. The zero-order valence-electron chi connectivity index (χ0n) is 18.2. The molecule has 4 rings (SSSR count). The van der Waals surface area contributed by atoms with Crippen molar-refractivity contribution in [3.63, 3.8) is 0 Å². The van der Waals surface area contributed by atoms with Crippen molar-refractivity contribution in [3.8, 4) is 0 Å². The molecule has 2 aliphatic rings. The molecule has 1 amide bonds. The highest BCUT2D eigenvalue weighted by Gasteiger charge is 2.42. The van der Waals surface area contributed by atoms with Crippen molar-refractivity contribution >= 4 is 17.5 Å². The average molecular weight is 420 g/mol. The van der Waals surface area contributed by atoms with E-state index in [9.17, 15) is 14.0 Å². The Hall–Kier alpha value is -3.28. The molecule has 0 fully saturated rings. The molecule has 5 nitrogen and oxygen atoms in total. The first kappa shape index (κ1) is 21.0. The van der Waals surface area contributed by atoms with Crippen LogP contribution in [0.4, 0.5) is 10.2 Å². The molecular formula is C25H26FN3O2. The third-order valence-corrected chi connectivity index (χ3v) is 5.82. The number of Topliss-reactive ketones (excluding diaryl/α,β-unsaturated/α-hetero) is 1. The van der Waals surface area contributed by atoms with E-state index in [4.69, 9.17) is 0 Å². The largest absolute Gasteiger partial charge is 0.362 e. The Balaban J connectivity index is 1.80. The fraction of sp³-hybridized carbons (Fsp3) is 0.320. The molecule has 0 saturated heterocycles. The molecule has 2 heterocycles. The summed E-state index contributed by atoms with van der Waals surface area (Å²) in [5.74, 6) is -0.802. The van der Waals surface area contributed by atoms with Crippen molar-refractivity contribution in [2.24, 2.45) is 5.41 Å². The number of anilines is 1. The number of benzene rings is 1. The van der Waals surface area contributed by atoms with Gasteiger partial charge in [0, 0.05) is 40.6 Å². The lowest BCUT2D eigenvalue weighted by Gasteiger charge is -2.39. The zero-order chi connectivity index (χ0) is 22.3. The van der Waals surface area contributed by atoms with Crippen LogP contribution in [0.5, 0.6) is 0 Å².